The van der Waals surface area contributed by atoms with E-state index in [2.05, 4.69) is 56.4 Å². The van der Waals surface area contributed by atoms with Crippen LogP contribution in [0.3, 0.4) is 0 Å². The third kappa shape index (κ3) is 4.10. The maximum Gasteiger partial charge on any atom is 0.336 e. The van der Waals surface area contributed by atoms with Crippen LogP contribution in [0.4, 0.5) is 0 Å². The number of fused-ring (bicyclic) bond motifs is 1. The average molecular weight is 429 g/mol. The Hall–Kier alpha value is -1.31. The summed E-state index contributed by atoms with van der Waals surface area (Å²) in [4.78, 5) is 12.1. The van der Waals surface area contributed by atoms with Gasteiger partial charge in [-0.25, -0.2) is 4.79 Å². The van der Waals surface area contributed by atoms with E-state index < -0.39 is 20.4 Å². The molecule has 0 bridgehead atoms. The monoisotopic (exact) mass is 428 g/mol. The van der Waals surface area contributed by atoms with Crippen LogP contribution in [-0.2, 0) is 14.0 Å². The Kier molecular flexibility index (Phi) is 5.70. The molecule has 0 saturated heterocycles. The van der Waals surface area contributed by atoms with Crippen molar-refractivity contribution in [2.45, 2.75) is 45.0 Å². The second-order valence-corrected chi connectivity index (χ2v) is 13.1. The van der Waals surface area contributed by atoms with Crippen molar-refractivity contribution in [2.24, 2.45) is 0 Å². The van der Waals surface area contributed by atoms with E-state index >= 15 is 0 Å². The maximum absolute atomic E-state index is 12.1. The summed E-state index contributed by atoms with van der Waals surface area (Å²) in [6.45, 7) is 14.8. The van der Waals surface area contributed by atoms with Crippen molar-refractivity contribution in [1.29, 1.82) is 0 Å². The fourth-order valence-corrected chi connectivity index (χ4v) is 3.91. The number of rotatable bonds is 5. The fraction of sp³-hybridized carbons (Fsp3) is 0.500. The molecule has 0 amide bonds. The fourth-order valence-electron chi connectivity index (χ4n) is 2.17. The number of methoxy groups -OCH3 is 1. The molecule has 1 aliphatic rings. The average Bonchev–Trinajstić information content (AvgIpc) is 2.96. The van der Waals surface area contributed by atoms with Crippen molar-refractivity contribution in [3.63, 3.8) is 0 Å². The number of hydrogen-bond donors (Lipinski definition) is 0. The first kappa shape index (κ1) is 20.0. The van der Waals surface area contributed by atoms with E-state index in [9.17, 15) is 4.79 Å². The summed E-state index contributed by atoms with van der Waals surface area (Å²) in [7, 11) is -0.843. The van der Waals surface area contributed by atoms with Gasteiger partial charge >= 0.3 is 5.97 Å². The summed E-state index contributed by atoms with van der Waals surface area (Å²) in [5.41, 5.74) is 1.02. The van der Waals surface area contributed by atoms with E-state index in [0.717, 1.165) is 10.0 Å². The highest BCUT2D eigenvalue weighted by Crippen LogP contribution is 2.45. The van der Waals surface area contributed by atoms with Crippen LogP contribution in [0.5, 0.6) is 11.5 Å². The molecule has 1 aromatic rings. The Balaban J connectivity index is 2.49. The number of ether oxygens (including phenoxy) is 3. The minimum Gasteiger partial charge on any atom is -0.466 e. The molecule has 1 atom stereocenters. The van der Waals surface area contributed by atoms with Crippen molar-refractivity contribution in [3.05, 3.63) is 34.3 Å². The second kappa shape index (κ2) is 7.13. The van der Waals surface area contributed by atoms with Gasteiger partial charge in [0.05, 0.1) is 12.7 Å². The number of benzene rings is 1. The molecule has 0 spiro atoms. The smallest absolute Gasteiger partial charge is 0.336 e. The third-order valence-electron chi connectivity index (χ3n) is 4.76. The number of hydrogen-bond acceptors (Lipinski definition) is 5. The third-order valence-corrected chi connectivity index (χ3v) is 9.88. The van der Waals surface area contributed by atoms with Crippen molar-refractivity contribution in [1.82, 2.24) is 0 Å². The zero-order valence-electron chi connectivity index (χ0n) is 15.6. The van der Waals surface area contributed by atoms with Gasteiger partial charge < -0.3 is 18.6 Å². The van der Waals surface area contributed by atoms with Crippen LogP contribution in [0, 0.1) is 0 Å². The Morgan fingerprint density at radius 1 is 1.28 bits per heavy atom. The van der Waals surface area contributed by atoms with Crippen molar-refractivity contribution in [2.75, 3.05) is 13.9 Å². The molecule has 1 unspecified atom stereocenters. The highest BCUT2D eigenvalue weighted by molar-refractivity contribution is 9.10. The van der Waals surface area contributed by atoms with Crippen molar-refractivity contribution >= 4 is 30.2 Å². The molecule has 0 radical (unpaired) electrons. The molecule has 0 aliphatic carbocycles. The molecular formula is C18H25BrO5Si. The van der Waals surface area contributed by atoms with Gasteiger partial charge in [-0.05, 0) is 30.3 Å². The molecule has 5 nitrogen and oxygen atoms in total. The minimum atomic E-state index is -2.18. The quantitative estimate of drug-likeness (QED) is 0.376. The number of carbonyl (C=O) groups excluding carboxylic acids is 1. The van der Waals surface area contributed by atoms with Gasteiger partial charge in [-0.3, -0.25) is 0 Å². The van der Waals surface area contributed by atoms with Gasteiger partial charge in [0.25, 0.3) is 0 Å². The van der Waals surface area contributed by atoms with Crippen LogP contribution < -0.4 is 9.47 Å². The molecule has 2 rings (SSSR count). The molecule has 1 heterocycles. The molecule has 0 saturated carbocycles. The van der Waals surface area contributed by atoms with Gasteiger partial charge in [-0.15, -0.1) is 0 Å². The van der Waals surface area contributed by atoms with Gasteiger partial charge in [-0.1, -0.05) is 43.3 Å². The highest BCUT2D eigenvalue weighted by Gasteiger charge is 2.41. The zero-order chi connectivity index (χ0) is 19.0. The maximum atomic E-state index is 12.1. The van der Waals surface area contributed by atoms with E-state index in [0.29, 0.717) is 11.5 Å². The van der Waals surface area contributed by atoms with Gasteiger partial charge in [0, 0.05) is 10.0 Å². The number of carbonyl (C=O) groups is 1. The lowest BCUT2D eigenvalue weighted by Gasteiger charge is -2.39. The van der Waals surface area contributed by atoms with Crippen molar-refractivity contribution in [3.8, 4) is 11.5 Å². The van der Waals surface area contributed by atoms with E-state index in [4.69, 9.17) is 18.6 Å². The predicted molar refractivity (Wildman–Crippen MR) is 102 cm³/mol. The lowest BCUT2D eigenvalue weighted by Crippen LogP contribution is -2.42. The Bertz CT molecular complexity index is 693. The van der Waals surface area contributed by atoms with E-state index in [1.165, 1.54) is 7.11 Å². The minimum absolute atomic E-state index is 0.0233. The summed E-state index contributed by atoms with van der Waals surface area (Å²) in [6.07, 6.45) is -0.628. The lowest BCUT2D eigenvalue weighted by molar-refractivity contribution is -0.137. The van der Waals surface area contributed by atoms with Gasteiger partial charge in [0.15, 0.2) is 19.8 Å². The molecule has 1 aliphatic heterocycles. The molecule has 0 N–H and O–H groups in total. The topological polar surface area (TPSA) is 54.0 Å². The van der Waals surface area contributed by atoms with Crippen LogP contribution >= 0.6 is 15.9 Å². The standard InChI is InChI=1S/C18H25BrO5Si/c1-11(17(20)21-5)16(24-25(6,7)18(2,3)4)12-8-14-15(9-13(12)19)23-10-22-14/h8-9,16H,1,10H2,2-7H3. The first-order chi connectivity index (χ1) is 11.5. The van der Waals surface area contributed by atoms with E-state index in [1.54, 1.807) is 0 Å². The highest BCUT2D eigenvalue weighted by atomic mass is 79.9. The molecular weight excluding hydrogens is 404 g/mol. The first-order valence-electron chi connectivity index (χ1n) is 8.02. The van der Waals surface area contributed by atoms with Crippen molar-refractivity contribution < 1.29 is 23.4 Å². The van der Waals surface area contributed by atoms with Gasteiger partial charge in [0.2, 0.25) is 6.79 Å². The number of esters is 1. The molecule has 0 fully saturated rings. The van der Waals surface area contributed by atoms with Crippen LogP contribution in [0.2, 0.25) is 18.1 Å². The largest absolute Gasteiger partial charge is 0.466 e. The lowest BCUT2D eigenvalue weighted by atomic mass is 10.0. The SMILES string of the molecule is C=C(C(=O)OC)C(O[Si](C)(C)C(C)(C)C)c1cc2c(cc1Br)OCO2. The predicted octanol–water partition coefficient (Wildman–Crippen LogP) is 4.97. The Morgan fingerprint density at radius 3 is 2.36 bits per heavy atom. The molecule has 25 heavy (non-hydrogen) atoms. The van der Waals surface area contributed by atoms with Gasteiger partial charge in [0.1, 0.15) is 6.10 Å². The molecule has 1 aromatic carbocycles. The van der Waals surface area contributed by atoms with Crippen LogP contribution in [0.25, 0.3) is 0 Å². The first-order valence-corrected chi connectivity index (χ1v) is 11.7. The zero-order valence-corrected chi connectivity index (χ0v) is 18.2. The molecule has 0 aromatic heterocycles. The Morgan fingerprint density at radius 2 is 1.84 bits per heavy atom. The van der Waals surface area contributed by atoms with Crippen LogP contribution in [0.15, 0.2) is 28.8 Å². The summed E-state index contributed by atoms with van der Waals surface area (Å²) in [6, 6.07) is 3.66. The van der Waals surface area contributed by atoms with Crippen LogP contribution in [0.1, 0.15) is 32.4 Å². The normalized spacial score (nSPS) is 15.0. The number of halogens is 1. The summed E-state index contributed by atoms with van der Waals surface area (Å²) >= 11 is 3.55. The second-order valence-electron chi connectivity index (χ2n) is 7.50. The van der Waals surface area contributed by atoms with Gasteiger partial charge in [-0.2, -0.15) is 0 Å². The summed E-state index contributed by atoms with van der Waals surface area (Å²) in [5, 5.41) is -0.0233. The van der Waals surface area contributed by atoms with E-state index in [-0.39, 0.29) is 17.4 Å². The molecule has 138 valence electrons. The van der Waals surface area contributed by atoms with Crippen LogP contribution in [-0.4, -0.2) is 28.2 Å². The summed E-state index contributed by atoms with van der Waals surface area (Å²) < 4.78 is 23.0. The Labute approximate surface area is 158 Å². The summed E-state index contributed by atoms with van der Waals surface area (Å²) in [5.74, 6) is 0.790. The molecule has 7 heteroatoms. The van der Waals surface area contributed by atoms with E-state index in [1.807, 2.05) is 12.1 Å².